The van der Waals surface area contributed by atoms with Crippen LogP contribution in [-0.2, 0) is 27.3 Å². The lowest BCUT2D eigenvalue weighted by atomic mass is 9.80. The number of amides is 1. The Hall–Kier alpha value is -5.06. The Morgan fingerprint density at radius 1 is 1.07 bits per heavy atom. The first-order chi connectivity index (χ1) is 20.1. The lowest BCUT2D eigenvalue weighted by Crippen LogP contribution is -2.49. The third-order valence-corrected chi connectivity index (χ3v) is 6.48. The number of nitrogens with one attached hydrogen (secondary N) is 1. The molecular weight excluding hydrogens is 528 g/mol. The molecule has 210 valence electrons. The number of rotatable bonds is 13. The van der Waals surface area contributed by atoms with E-state index in [0.717, 1.165) is 0 Å². The number of aliphatic hydroxyl groups is 1. The standard InChI is InChI=1S/C28H28N8O5/c1-39-34-27(38)28(17-20-7-2-3-8-21(20)18-31-35-29)25(23-9-4-5-10-24(23)33-36-30)41-26(32-28)19-11-13-22(14-12-19)40-16-6-15-37/h2-5,7-14,25,37H,6,15-18H2,1H3,(H,34,38)/t25-,28-/m0/s1. The van der Waals surface area contributed by atoms with Crippen molar-refractivity contribution >= 4 is 17.5 Å². The van der Waals surface area contributed by atoms with Gasteiger partial charge in [-0.1, -0.05) is 58.8 Å². The van der Waals surface area contributed by atoms with Gasteiger partial charge in [-0.05, 0) is 46.5 Å². The molecule has 13 nitrogen and oxygen atoms in total. The van der Waals surface area contributed by atoms with E-state index in [1.54, 1.807) is 48.5 Å². The molecule has 1 aliphatic rings. The fourth-order valence-electron chi connectivity index (χ4n) is 4.57. The van der Waals surface area contributed by atoms with E-state index in [1.807, 2.05) is 24.3 Å². The second-order valence-electron chi connectivity index (χ2n) is 9.01. The molecule has 3 aromatic rings. The maximum atomic E-state index is 13.9. The number of aliphatic hydroxyl groups excluding tert-OH is 1. The molecule has 0 radical (unpaired) electrons. The number of benzene rings is 3. The number of hydrogen-bond donors (Lipinski definition) is 2. The van der Waals surface area contributed by atoms with Gasteiger partial charge in [-0.2, -0.15) is 0 Å². The number of azide groups is 2. The molecule has 41 heavy (non-hydrogen) atoms. The highest BCUT2D eigenvalue weighted by molar-refractivity contribution is 6.01. The molecular formula is C28H28N8O5. The number of carbonyl (C=O) groups excluding carboxylic acids is 1. The van der Waals surface area contributed by atoms with Crippen molar-refractivity contribution < 1.29 is 24.2 Å². The lowest BCUT2D eigenvalue weighted by molar-refractivity contribution is -0.139. The number of carbonyl (C=O) groups is 1. The van der Waals surface area contributed by atoms with Gasteiger partial charge in [0.2, 0.25) is 5.90 Å². The average molecular weight is 557 g/mol. The number of ether oxygens (including phenoxy) is 2. The van der Waals surface area contributed by atoms with Crippen LogP contribution in [0.2, 0.25) is 0 Å². The largest absolute Gasteiger partial charge is 0.494 e. The zero-order chi connectivity index (χ0) is 29.1. The van der Waals surface area contributed by atoms with Crippen LogP contribution in [0.4, 0.5) is 5.69 Å². The summed E-state index contributed by atoms with van der Waals surface area (Å²) >= 11 is 0. The van der Waals surface area contributed by atoms with Gasteiger partial charge in [-0.3, -0.25) is 9.63 Å². The van der Waals surface area contributed by atoms with Crippen molar-refractivity contribution in [2.75, 3.05) is 20.3 Å². The van der Waals surface area contributed by atoms with Crippen LogP contribution >= 0.6 is 0 Å². The molecule has 1 heterocycles. The van der Waals surface area contributed by atoms with E-state index in [1.165, 1.54) is 7.11 Å². The Balaban J connectivity index is 1.86. The van der Waals surface area contributed by atoms with Crippen molar-refractivity contribution in [3.8, 4) is 5.75 Å². The Morgan fingerprint density at radius 3 is 2.51 bits per heavy atom. The van der Waals surface area contributed by atoms with Gasteiger partial charge in [0.05, 0.1) is 20.3 Å². The average Bonchev–Trinajstić information content (AvgIpc) is 3.38. The second-order valence-corrected chi connectivity index (χ2v) is 9.01. The first-order valence-corrected chi connectivity index (χ1v) is 12.7. The highest BCUT2D eigenvalue weighted by Gasteiger charge is 2.54. The van der Waals surface area contributed by atoms with Crippen molar-refractivity contribution in [2.24, 2.45) is 15.2 Å². The van der Waals surface area contributed by atoms with E-state index in [2.05, 4.69) is 25.5 Å². The van der Waals surface area contributed by atoms with E-state index in [9.17, 15) is 10.3 Å². The van der Waals surface area contributed by atoms with Gasteiger partial charge in [-0.25, -0.2) is 10.5 Å². The van der Waals surface area contributed by atoms with Gasteiger partial charge < -0.3 is 14.6 Å². The van der Waals surface area contributed by atoms with Crippen LogP contribution < -0.4 is 10.2 Å². The molecule has 0 unspecified atom stereocenters. The summed E-state index contributed by atoms with van der Waals surface area (Å²) in [6.07, 6.45) is -0.481. The van der Waals surface area contributed by atoms with Gasteiger partial charge in [-0.15, -0.1) is 0 Å². The minimum atomic E-state index is -1.62. The van der Waals surface area contributed by atoms with Gasteiger partial charge in [0, 0.05) is 46.1 Å². The Morgan fingerprint density at radius 2 is 1.80 bits per heavy atom. The minimum Gasteiger partial charge on any atom is -0.494 e. The zero-order valence-electron chi connectivity index (χ0n) is 22.3. The van der Waals surface area contributed by atoms with Gasteiger partial charge >= 0.3 is 0 Å². The Labute approximate surface area is 235 Å². The summed E-state index contributed by atoms with van der Waals surface area (Å²) in [4.78, 5) is 29.6. The molecule has 1 amide bonds. The molecule has 2 atom stereocenters. The third-order valence-electron chi connectivity index (χ3n) is 6.48. The van der Waals surface area contributed by atoms with Crippen LogP contribution in [0.1, 0.15) is 34.8 Å². The Bertz CT molecular complexity index is 1500. The van der Waals surface area contributed by atoms with Crippen LogP contribution in [0.3, 0.4) is 0 Å². The monoisotopic (exact) mass is 556 g/mol. The van der Waals surface area contributed by atoms with E-state index in [-0.39, 0.29) is 31.2 Å². The number of nitrogens with zero attached hydrogens (tertiary/aromatic N) is 7. The highest BCUT2D eigenvalue weighted by atomic mass is 16.6. The fraction of sp³-hybridized carbons (Fsp3) is 0.286. The molecule has 1 aliphatic heterocycles. The van der Waals surface area contributed by atoms with Crippen LogP contribution in [0, 0.1) is 0 Å². The van der Waals surface area contributed by atoms with Crippen molar-refractivity contribution in [2.45, 2.75) is 31.0 Å². The van der Waals surface area contributed by atoms with Gasteiger partial charge in [0.15, 0.2) is 11.6 Å². The number of hydrogen-bond acceptors (Lipinski definition) is 8. The SMILES string of the molecule is CONC(=O)[C@@]1(Cc2ccccc2CN=[N+]=[N-])N=C(c2ccc(OCCCO)cc2)O[C@H]1c1ccccc1N=[N+]=[N-]. The normalized spacial score (nSPS) is 17.4. The van der Waals surface area contributed by atoms with E-state index in [4.69, 9.17) is 29.9 Å². The first-order valence-electron chi connectivity index (χ1n) is 12.7. The molecule has 4 rings (SSSR count). The molecule has 13 heteroatoms. The zero-order valence-corrected chi connectivity index (χ0v) is 22.3. The topological polar surface area (TPSA) is 187 Å². The summed E-state index contributed by atoms with van der Waals surface area (Å²) in [5, 5.41) is 16.5. The molecule has 0 saturated heterocycles. The summed E-state index contributed by atoms with van der Waals surface area (Å²) in [7, 11) is 1.32. The van der Waals surface area contributed by atoms with E-state index >= 15 is 0 Å². The number of aliphatic imine (C=N–C) groups is 1. The van der Waals surface area contributed by atoms with Crippen molar-refractivity contribution in [1.82, 2.24) is 5.48 Å². The minimum absolute atomic E-state index is 0.0268. The van der Waals surface area contributed by atoms with Crippen molar-refractivity contribution in [3.05, 3.63) is 116 Å². The quantitative estimate of drug-likeness (QED) is 0.0939. The predicted molar refractivity (Wildman–Crippen MR) is 150 cm³/mol. The molecule has 0 spiro atoms. The Kier molecular flexibility index (Phi) is 9.76. The molecule has 3 aromatic carbocycles. The van der Waals surface area contributed by atoms with Crippen LogP contribution in [0.25, 0.3) is 20.9 Å². The van der Waals surface area contributed by atoms with Crippen LogP contribution in [0.5, 0.6) is 5.75 Å². The summed E-state index contributed by atoms with van der Waals surface area (Å²) < 4.78 is 12.1. The molecule has 0 saturated carbocycles. The van der Waals surface area contributed by atoms with E-state index < -0.39 is 17.6 Å². The van der Waals surface area contributed by atoms with Crippen LogP contribution in [0.15, 0.2) is 88.0 Å². The first kappa shape index (κ1) is 28.9. The van der Waals surface area contributed by atoms with Crippen LogP contribution in [-0.4, -0.2) is 42.8 Å². The second kappa shape index (κ2) is 13.8. The molecule has 0 fully saturated rings. The summed E-state index contributed by atoms with van der Waals surface area (Å²) in [5.41, 5.74) is 21.7. The maximum absolute atomic E-state index is 13.9. The van der Waals surface area contributed by atoms with Gasteiger partial charge in [0.1, 0.15) is 5.75 Å². The molecule has 0 aliphatic carbocycles. The highest BCUT2D eigenvalue weighted by Crippen LogP contribution is 2.45. The predicted octanol–water partition coefficient (Wildman–Crippen LogP) is 5.38. The van der Waals surface area contributed by atoms with Gasteiger partial charge in [0.25, 0.3) is 5.91 Å². The molecule has 2 N–H and O–H groups in total. The summed E-state index contributed by atoms with van der Waals surface area (Å²) in [5.74, 6) is 0.200. The smallest absolute Gasteiger partial charge is 0.276 e. The fourth-order valence-corrected chi connectivity index (χ4v) is 4.57. The summed E-state index contributed by atoms with van der Waals surface area (Å²) in [6, 6.07) is 21.1. The van der Waals surface area contributed by atoms with E-state index in [0.29, 0.717) is 41.0 Å². The third kappa shape index (κ3) is 6.57. The van der Waals surface area contributed by atoms with Crippen molar-refractivity contribution in [3.63, 3.8) is 0 Å². The summed E-state index contributed by atoms with van der Waals surface area (Å²) in [6.45, 7) is 0.462. The maximum Gasteiger partial charge on any atom is 0.276 e. The van der Waals surface area contributed by atoms with Crippen molar-refractivity contribution in [1.29, 1.82) is 0 Å². The molecule has 0 aromatic heterocycles. The lowest BCUT2D eigenvalue weighted by Gasteiger charge is -2.31. The molecule has 0 bridgehead atoms. The number of hydroxylamine groups is 1.